The Morgan fingerprint density at radius 2 is 2.12 bits per heavy atom. The maximum absolute atomic E-state index is 13.5. The van der Waals surface area contributed by atoms with E-state index in [1.165, 1.54) is 23.5 Å². The largest absolute Gasteiger partial charge is 0.383 e. The first-order chi connectivity index (χ1) is 11.6. The van der Waals surface area contributed by atoms with Crippen LogP contribution < -0.4 is 4.80 Å². The summed E-state index contributed by atoms with van der Waals surface area (Å²) in [5, 5.41) is 0. The number of benzene rings is 2. The van der Waals surface area contributed by atoms with Crippen molar-refractivity contribution in [2.75, 3.05) is 13.7 Å². The van der Waals surface area contributed by atoms with Gasteiger partial charge in [0.25, 0.3) is 5.91 Å². The molecule has 0 N–H and O–H groups in total. The molecule has 0 spiro atoms. The molecular weight excluding hydrogens is 327 g/mol. The lowest BCUT2D eigenvalue weighted by Gasteiger charge is -2.04. The van der Waals surface area contributed by atoms with E-state index in [0.717, 1.165) is 15.8 Å². The highest BCUT2D eigenvalue weighted by Gasteiger charge is 2.10. The number of aromatic nitrogens is 1. The topological polar surface area (TPSA) is 43.6 Å². The molecule has 2 aromatic carbocycles. The van der Waals surface area contributed by atoms with Gasteiger partial charge in [0.15, 0.2) is 4.80 Å². The summed E-state index contributed by atoms with van der Waals surface area (Å²) in [6, 6.07) is 11.9. The summed E-state index contributed by atoms with van der Waals surface area (Å²) in [6.45, 7) is 2.95. The fraction of sp³-hybridized carbons (Fsp3) is 0.222. The molecule has 1 heterocycles. The van der Waals surface area contributed by atoms with Crippen LogP contribution in [0.1, 0.15) is 15.9 Å². The number of hydrogen-bond acceptors (Lipinski definition) is 3. The van der Waals surface area contributed by atoms with E-state index in [4.69, 9.17) is 4.74 Å². The molecule has 1 amide bonds. The monoisotopic (exact) mass is 344 g/mol. The van der Waals surface area contributed by atoms with E-state index in [0.29, 0.717) is 23.5 Å². The number of aryl methyl sites for hydroxylation is 1. The molecule has 4 nitrogen and oxygen atoms in total. The van der Waals surface area contributed by atoms with Gasteiger partial charge in [0.05, 0.1) is 16.8 Å². The highest BCUT2D eigenvalue weighted by Crippen LogP contribution is 2.19. The third-order valence-corrected chi connectivity index (χ3v) is 4.67. The van der Waals surface area contributed by atoms with Gasteiger partial charge in [-0.15, -0.1) is 0 Å². The summed E-state index contributed by atoms with van der Waals surface area (Å²) < 4.78 is 21.2. The van der Waals surface area contributed by atoms with Gasteiger partial charge in [0.1, 0.15) is 5.82 Å². The highest BCUT2D eigenvalue weighted by atomic mass is 32.1. The Morgan fingerprint density at radius 3 is 2.88 bits per heavy atom. The quantitative estimate of drug-likeness (QED) is 0.727. The first kappa shape index (κ1) is 16.5. The molecule has 0 fully saturated rings. The van der Waals surface area contributed by atoms with Crippen LogP contribution in [0.25, 0.3) is 10.2 Å². The van der Waals surface area contributed by atoms with Crippen LogP contribution in [0.2, 0.25) is 0 Å². The van der Waals surface area contributed by atoms with Gasteiger partial charge < -0.3 is 9.30 Å². The second kappa shape index (κ2) is 7.07. The van der Waals surface area contributed by atoms with E-state index < -0.39 is 0 Å². The summed E-state index contributed by atoms with van der Waals surface area (Å²) in [5.41, 5.74) is 2.38. The minimum atomic E-state index is -0.308. The lowest BCUT2D eigenvalue weighted by Crippen LogP contribution is -2.19. The van der Waals surface area contributed by atoms with Crippen molar-refractivity contribution in [3.8, 4) is 0 Å². The number of methoxy groups -OCH3 is 1. The molecule has 0 unspecified atom stereocenters. The molecule has 3 aromatic rings. The van der Waals surface area contributed by atoms with Crippen LogP contribution >= 0.6 is 11.3 Å². The Labute approximate surface area is 142 Å². The average molecular weight is 344 g/mol. The zero-order valence-corrected chi connectivity index (χ0v) is 14.3. The highest BCUT2D eigenvalue weighted by molar-refractivity contribution is 7.16. The number of amides is 1. The standard InChI is InChI=1S/C18H17FN2O2S/c1-12-4-3-5-13(10-12)17(22)20-18-21(8-9-23-2)15-7-6-14(19)11-16(15)24-18/h3-7,10-11H,8-9H2,1-2H3. The number of thiazole rings is 1. The second-order valence-corrected chi connectivity index (χ2v) is 6.44. The summed E-state index contributed by atoms with van der Waals surface area (Å²) in [5.74, 6) is -0.615. The molecule has 3 rings (SSSR count). The number of fused-ring (bicyclic) bond motifs is 1. The van der Waals surface area contributed by atoms with Crippen LogP contribution in [0.4, 0.5) is 4.39 Å². The molecule has 6 heteroatoms. The Morgan fingerprint density at radius 1 is 1.29 bits per heavy atom. The smallest absolute Gasteiger partial charge is 0.279 e. The normalized spacial score (nSPS) is 12.0. The summed E-state index contributed by atoms with van der Waals surface area (Å²) >= 11 is 1.30. The van der Waals surface area contributed by atoms with Crippen molar-refractivity contribution in [2.45, 2.75) is 13.5 Å². The molecule has 1 aromatic heterocycles. The minimum Gasteiger partial charge on any atom is -0.383 e. The summed E-state index contributed by atoms with van der Waals surface area (Å²) in [4.78, 5) is 17.3. The third kappa shape index (κ3) is 3.44. The van der Waals surface area contributed by atoms with Crippen molar-refractivity contribution in [3.05, 3.63) is 64.2 Å². The van der Waals surface area contributed by atoms with Crippen molar-refractivity contribution in [1.29, 1.82) is 0 Å². The van der Waals surface area contributed by atoms with Crippen molar-refractivity contribution in [2.24, 2.45) is 4.99 Å². The molecule has 0 aliphatic carbocycles. The third-order valence-electron chi connectivity index (χ3n) is 3.63. The van der Waals surface area contributed by atoms with Gasteiger partial charge in [-0.25, -0.2) is 4.39 Å². The molecule has 124 valence electrons. The van der Waals surface area contributed by atoms with Crippen molar-refractivity contribution >= 4 is 27.5 Å². The zero-order chi connectivity index (χ0) is 17.1. The van der Waals surface area contributed by atoms with E-state index in [-0.39, 0.29) is 11.7 Å². The van der Waals surface area contributed by atoms with Crippen molar-refractivity contribution < 1.29 is 13.9 Å². The number of halogens is 1. The Kier molecular flexibility index (Phi) is 4.87. The SMILES string of the molecule is COCCn1c(=NC(=O)c2cccc(C)c2)sc2cc(F)ccc21. The predicted octanol–water partition coefficient (Wildman–Crippen LogP) is 3.54. The van der Waals surface area contributed by atoms with E-state index in [9.17, 15) is 9.18 Å². The van der Waals surface area contributed by atoms with E-state index in [2.05, 4.69) is 4.99 Å². The van der Waals surface area contributed by atoms with Gasteiger partial charge in [0.2, 0.25) is 0 Å². The summed E-state index contributed by atoms with van der Waals surface area (Å²) in [6.07, 6.45) is 0. The van der Waals surface area contributed by atoms with E-state index >= 15 is 0 Å². The molecule has 0 bridgehead atoms. The maximum atomic E-state index is 13.5. The number of hydrogen-bond donors (Lipinski definition) is 0. The molecule has 0 aliphatic rings. The number of carbonyl (C=O) groups excluding carboxylic acids is 1. The van der Waals surface area contributed by atoms with Crippen LogP contribution in [0.15, 0.2) is 47.5 Å². The van der Waals surface area contributed by atoms with Gasteiger partial charge in [0, 0.05) is 19.2 Å². The van der Waals surface area contributed by atoms with Gasteiger partial charge >= 0.3 is 0 Å². The average Bonchev–Trinajstić information content (AvgIpc) is 2.89. The van der Waals surface area contributed by atoms with Gasteiger partial charge in [-0.1, -0.05) is 29.0 Å². The zero-order valence-electron chi connectivity index (χ0n) is 13.5. The number of nitrogens with zero attached hydrogens (tertiary/aromatic N) is 2. The molecule has 0 saturated heterocycles. The second-order valence-electron chi connectivity index (χ2n) is 5.43. The van der Waals surface area contributed by atoms with Gasteiger partial charge in [-0.05, 0) is 37.3 Å². The predicted molar refractivity (Wildman–Crippen MR) is 92.7 cm³/mol. The van der Waals surface area contributed by atoms with Gasteiger partial charge in [-0.3, -0.25) is 4.79 Å². The van der Waals surface area contributed by atoms with Crippen LogP contribution in [0, 0.1) is 12.7 Å². The van der Waals surface area contributed by atoms with Crippen LogP contribution in [0.5, 0.6) is 0 Å². The van der Waals surface area contributed by atoms with Crippen LogP contribution in [-0.4, -0.2) is 24.2 Å². The van der Waals surface area contributed by atoms with Crippen LogP contribution in [0.3, 0.4) is 0 Å². The molecule has 0 aliphatic heterocycles. The lowest BCUT2D eigenvalue weighted by atomic mass is 10.1. The van der Waals surface area contributed by atoms with Crippen molar-refractivity contribution in [1.82, 2.24) is 4.57 Å². The Balaban J connectivity index is 2.11. The first-order valence-electron chi connectivity index (χ1n) is 7.52. The summed E-state index contributed by atoms with van der Waals surface area (Å²) in [7, 11) is 1.61. The number of ether oxygens (including phenoxy) is 1. The van der Waals surface area contributed by atoms with Crippen LogP contribution in [-0.2, 0) is 11.3 Å². The Bertz CT molecular complexity index is 959. The Hall–Kier alpha value is -2.31. The molecule has 0 radical (unpaired) electrons. The fourth-order valence-electron chi connectivity index (χ4n) is 2.46. The molecule has 24 heavy (non-hydrogen) atoms. The maximum Gasteiger partial charge on any atom is 0.279 e. The lowest BCUT2D eigenvalue weighted by molar-refractivity contribution is 0.0997. The number of carbonyl (C=O) groups is 1. The fourth-order valence-corrected chi connectivity index (χ4v) is 3.54. The minimum absolute atomic E-state index is 0.306. The first-order valence-corrected chi connectivity index (χ1v) is 8.33. The molecule has 0 atom stereocenters. The van der Waals surface area contributed by atoms with E-state index in [1.807, 2.05) is 23.6 Å². The van der Waals surface area contributed by atoms with E-state index in [1.54, 1.807) is 25.3 Å². The van der Waals surface area contributed by atoms with Crippen molar-refractivity contribution in [3.63, 3.8) is 0 Å². The molecular formula is C18H17FN2O2S. The number of rotatable bonds is 4. The van der Waals surface area contributed by atoms with Gasteiger partial charge in [-0.2, -0.15) is 4.99 Å². The molecule has 0 saturated carbocycles.